The van der Waals surface area contributed by atoms with E-state index in [0.29, 0.717) is 16.5 Å². The summed E-state index contributed by atoms with van der Waals surface area (Å²) in [6.07, 6.45) is 0.331. The summed E-state index contributed by atoms with van der Waals surface area (Å²) in [5.74, 6) is -0.457. The number of nitrogens with zero attached hydrogens (tertiary/aromatic N) is 1. The van der Waals surface area contributed by atoms with Gasteiger partial charge >= 0.3 is 12.1 Å². The van der Waals surface area contributed by atoms with Gasteiger partial charge in [0.05, 0.1) is 11.1 Å². The summed E-state index contributed by atoms with van der Waals surface area (Å²) in [7, 11) is 0. The smallest absolute Gasteiger partial charge is 0.415 e. The molecule has 2 rings (SSSR count). The molecule has 0 aliphatic carbocycles. The van der Waals surface area contributed by atoms with E-state index in [1.54, 1.807) is 45.0 Å². The Morgan fingerprint density at radius 2 is 1.89 bits per heavy atom. The van der Waals surface area contributed by atoms with Crippen LogP contribution in [-0.2, 0) is 4.74 Å². The second kappa shape index (κ2) is 4.42. The molecule has 1 aromatic heterocycles. The lowest BCUT2D eigenvalue weighted by molar-refractivity contribution is 0.00718. The molecule has 0 saturated carbocycles. The van der Waals surface area contributed by atoms with Crippen molar-refractivity contribution in [2.45, 2.75) is 26.4 Å². The molecule has 19 heavy (non-hydrogen) atoms. The highest BCUT2D eigenvalue weighted by atomic mass is 16.6. The lowest BCUT2D eigenvalue weighted by Crippen LogP contribution is -2.24. The van der Waals surface area contributed by atoms with Crippen LogP contribution < -0.4 is 0 Å². The third-order valence-corrected chi connectivity index (χ3v) is 2.56. The lowest BCUT2D eigenvalue weighted by atomic mass is 10.1. The Kier molecular flexibility index (Phi) is 3.06. The number of carbonyl (C=O) groups is 2. The number of rotatable bonds is 1. The Labute approximate surface area is 110 Å². The van der Waals surface area contributed by atoms with Gasteiger partial charge in [-0.25, -0.2) is 9.59 Å². The largest absolute Gasteiger partial charge is 0.464 e. The number of fused-ring (bicyclic) bond motifs is 1. The monoisotopic (exact) mass is 261 g/mol. The van der Waals surface area contributed by atoms with E-state index in [-0.39, 0.29) is 0 Å². The first kappa shape index (κ1) is 13.1. The van der Waals surface area contributed by atoms with E-state index in [1.165, 1.54) is 6.20 Å². The molecule has 0 radical (unpaired) electrons. The predicted molar refractivity (Wildman–Crippen MR) is 70.5 cm³/mol. The predicted octanol–water partition coefficient (Wildman–Crippen LogP) is 3.12. The summed E-state index contributed by atoms with van der Waals surface area (Å²) in [5, 5.41) is 9.60. The van der Waals surface area contributed by atoms with Crippen LogP contribution in [0.4, 0.5) is 4.79 Å². The first-order chi connectivity index (χ1) is 8.79. The van der Waals surface area contributed by atoms with Crippen molar-refractivity contribution in [2.24, 2.45) is 0 Å². The van der Waals surface area contributed by atoms with Crippen LogP contribution in [0.25, 0.3) is 10.9 Å². The van der Waals surface area contributed by atoms with Crippen molar-refractivity contribution < 1.29 is 19.4 Å². The molecule has 5 heteroatoms. The van der Waals surface area contributed by atoms with Crippen molar-refractivity contribution >= 4 is 23.0 Å². The maximum absolute atomic E-state index is 12.1. The average Bonchev–Trinajstić information content (AvgIpc) is 2.69. The lowest BCUT2D eigenvalue weighted by Gasteiger charge is -2.19. The number of carboxylic acid groups (broad SMARTS) is 1. The highest BCUT2D eigenvalue weighted by Crippen LogP contribution is 2.22. The van der Waals surface area contributed by atoms with Crippen LogP contribution >= 0.6 is 0 Å². The van der Waals surface area contributed by atoms with Crippen molar-refractivity contribution in [3.05, 3.63) is 36.0 Å². The van der Waals surface area contributed by atoms with Crippen molar-refractivity contribution in [1.82, 2.24) is 4.57 Å². The van der Waals surface area contributed by atoms with E-state index < -0.39 is 17.7 Å². The van der Waals surface area contributed by atoms with E-state index in [4.69, 9.17) is 9.84 Å². The molecule has 0 bridgehead atoms. The van der Waals surface area contributed by atoms with Crippen LogP contribution in [0.1, 0.15) is 31.1 Å². The maximum atomic E-state index is 12.1. The molecular formula is C14H15NO4. The molecule has 0 saturated heterocycles. The van der Waals surface area contributed by atoms with Gasteiger partial charge in [0.1, 0.15) is 5.60 Å². The van der Waals surface area contributed by atoms with Gasteiger partial charge in [-0.3, -0.25) is 4.57 Å². The molecular weight excluding hydrogens is 246 g/mol. The van der Waals surface area contributed by atoms with Gasteiger partial charge in [0.2, 0.25) is 0 Å². The maximum Gasteiger partial charge on any atom is 0.415 e. The number of hydrogen-bond donors (Lipinski definition) is 1. The Balaban J connectivity index is 2.51. The van der Waals surface area contributed by atoms with E-state index in [1.807, 2.05) is 0 Å². The molecule has 5 nitrogen and oxygen atoms in total. The zero-order valence-corrected chi connectivity index (χ0v) is 11.0. The normalized spacial score (nSPS) is 11.5. The van der Waals surface area contributed by atoms with Crippen LogP contribution in [0, 0.1) is 0 Å². The molecule has 0 aliphatic heterocycles. The molecule has 1 N–H and O–H groups in total. The molecule has 1 heterocycles. The van der Waals surface area contributed by atoms with Gasteiger partial charge in [-0.2, -0.15) is 0 Å². The van der Waals surface area contributed by atoms with Gasteiger partial charge < -0.3 is 9.84 Å². The Hall–Kier alpha value is -2.30. The first-order valence-electron chi connectivity index (χ1n) is 5.86. The number of carbonyl (C=O) groups excluding carboxylic acids is 1. The fraction of sp³-hybridized carbons (Fsp3) is 0.286. The topological polar surface area (TPSA) is 68.5 Å². The summed E-state index contributed by atoms with van der Waals surface area (Å²) in [6.45, 7) is 5.36. The number of esters is 1. The minimum Gasteiger partial charge on any atom is -0.464 e. The van der Waals surface area contributed by atoms with Gasteiger partial charge in [0.25, 0.3) is 0 Å². The van der Waals surface area contributed by atoms with Gasteiger partial charge in [0, 0.05) is 11.6 Å². The second-order valence-electron chi connectivity index (χ2n) is 5.21. The molecule has 0 aliphatic rings. The van der Waals surface area contributed by atoms with Gasteiger partial charge in [-0.15, -0.1) is 0 Å². The van der Waals surface area contributed by atoms with Crippen LogP contribution in [0.15, 0.2) is 30.5 Å². The number of aromatic nitrogens is 1. The summed E-state index contributed by atoms with van der Waals surface area (Å²) in [4.78, 5) is 23.1. The highest BCUT2D eigenvalue weighted by molar-refractivity contribution is 6.05. The highest BCUT2D eigenvalue weighted by Gasteiger charge is 2.20. The summed E-state index contributed by atoms with van der Waals surface area (Å²) >= 11 is 0. The molecule has 0 amide bonds. The third kappa shape index (κ3) is 2.59. The molecule has 0 atom stereocenters. The van der Waals surface area contributed by atoms with Crippen LogP contribution in [0.5, 0.6) is 0 Å². The SMILES string of the molecule is CC(C)(C)OC(=O)c1cccc2c1ccn2C(=O)O. The minimum atomic E-state index is -1.09. The van der Waals surface area contributed by atoms with Gasteiger partial charge in [-0.05, 0) is 39.0 Å². The molecule has 0 spiro atoms. The fourth-order valence-corrected chi connectivity index (χ4v) is 1.85. The third-order valence-electron chi connectivity index (χ3n) is 2.56. The molecule has 100 valence electrons. The number of benzene rings is 1. The molecule has 0 unspecified atom stereocenters. The Bertz CT molecular complexity index is 649. The Morgan fingerprint density at radius 1 is 1.21 bits per heavy atom. The van der Waals surface area contributed by atoms with Crippen molar-refractivity contribution in [2.75, 3.05) is 0 Å². The fourth-order valence-electron chi connectivity index (χ4n) is 1.85. The minimum absolute atomic E-state index is 0.368. The average molecular weight is 261 g/mol. The molecule has 1 aromatic carbocycles. The van der Waals surface area contributed by atoms with Crippen LogP contribution in [0.2, 0.25) is 0 Å². The zero-order valence-electron chi connectivity index (χ0n) is 11.0. The summed E-state index contributed by atoms with van der Waals surface area (Å²) in [6, 6.07) is 6.52. The van der Waals surface area contributed by atoms with Crippen molar-refractivity contribution in [3.63, 3.8) is 0 Å². The Morgan fingerprint density at radius 3 is 2.47 bits per heavy atom. The molecule has 0 fully saturated rings. The summed E-state index contributed by atoms with van der Waals surface area (Å²) in [5.41, 5.74) is 0.248. The number of ether oxygens (including phenoxy) is 1. The van der Waals surface area contributed by atoms with E-state index >= 15 is 0 Å². The van der Waals surface area contributed by atoms with Crippen molar-refractivity contribution in [3.8, 4) is 0 Å². The quantitative estimate of drug-likeness (QED) is 0.801. The first-order valence-corrected chi connectivity index (χ1v) is 5.86. The standard InChI is InChI=1S/C14H15NO4/c1-14(2,3)19-12(16)10-5-4-6-11-9(10)7-8-15(11)13(17)18/h4-8H,1-3H3,(H,17,18). The van der Waals surface area contributed by atoms with E-state index in [9.17, 15) is 9.59 Å². The second-order valence-corrected chi connectivity index (χ2v) is 5.21. The van der Waals surface area contributed by atoms with Crippen LogP contribution in [0.3, 0.4) is 0 Å². The van der Waals surface area contributed by atoms with Gasteiger partial charge in [-0.1, -0.05) is 6.07 Å². The van der Waals surface area contributed by atoms with Crippen molar-refractivity contribution in [1.29, 1.82) is 0 Å². The molecule has 2 aromatic rings. The van der Waals surface area contributed by atoms with E-state index in [2.05, 4.69) is 0 Å². The summed E-state index contributed by atoms with van der Waals surface area (Å²) < 4.78 is 6.38. The van der Waals surface area contributed by atoms with E-state index in [0.717, 1.165) is 4.57 Å². The van der Waals surface area contributed by atoms with Gasteiger partial charge in [0.15, 0.2) is 0 Å². The number of hydrogen-bond acceptors (Lipinski definition) is 3. The zero-order chi connectivity index (χ0) is 14.2. The van der Waals surface area contributed by atoms with Crippen LogP contribution in [-0.4, -0.2) is 27.3 Å².